The summed E-state index contributed by atoms with van der Waals surface area (Å²) in [5.74, 6) is 1.47. The van der Waals surface area contributed by atoms with Crippen LogP contribution in [-0.4, -0.2) is 30.5 Å². The van der Waals surface area contributed by atoms with Crippen LogP contribution in [0.2, 0.25) is 0 Å². The number of ether oxygens (including phenoxy) is 2. The van der Waals surface area contributed by atoms with E-state index in [4.69, 9.17) is 20.0 Å². The van der Waals surface area contributed by atoms with E-state index >= 15 is 0 Å². The third-order valence-corrected chi connectivity index (χ3v) is 3.32. The van der Waals surface area contributed by atoms with Crippen LogP contribution < -0.4 is 9.47 Å². The monoisotopic (exact) mass is 335 g/mol. The van der Waals surface area contributed by atoms with Gasteiger partial charge in [0.15, 0.2) is 6.61 Å². The molecule has 0 aliphatic heterocycles. The molecule has 0 radical (unpaired) electrons. The Kier molecular flexibility index (Phi) is 6.39. The van der Waals surface area contributed by atoms with Crippen LogP contribution in [0.15, 0.2) is 48.5 Å². The molecule has 6 heteroatoms. The van der Waals surface area contributed by atoms with Crippen molar-refractivity contribution in [1.29, 1.82) is 10.5 Å². The van der Waals surface area contributed by atoms with Crippen LogP contribution in [0, 0.1) is 29.6 Å². The number of carbonyl (C=O) groups is 1. The van der Waals surface area contributed by atoms with Gasteiger partial charge in [0, 0.05) is 0 Å². The number of nitrogens with zero attached hydrogens (tertiary/aromatic N) is 3. The van der Waals surface area contributed by atoms with Gasteiger partial charge in [-0.3, -0.25) is 4.79 Å². The average molecular weight is 335 g/mol. The van der Waals surface area contributed by atoms with Gasteiger partial charge < -0.3 is 14.4 Å². The molecule has 2 rings (SSSR count). The maximum Gasteiger partial charge on any atom is 0.262 e. The van der Waals surface area contributed by atoms with Gasteiger partial charge in [0.25, 0.3) is 5.91 Å². The molecule has 0 saturated heterocycles. The molecule has 0 bridgehead atoms. The van der Waals surface area contributed by atoms with Gasteiger partial charge in [-0.05, 0) is 43.3 Å². The highest BCUT2D eigenvalue weighted by molar-refractivity contribution is 5.78. The maximum atomic E-state index is 11.9. The Morgan fingerprint density at radius 2 is 1.40 bits per heavy atom. The Morgan fingerprint density at radius 3 is 1.92 bits per heavy atom. The van der Waals surface area contributed by atoms with E-state index in [2.05, 4.69) is 0 Å². The van der Waals surface area contributed by atoms with E-state index in [0.29, 0.717) is 11.5 Å². The lowest BCUT2D eigenvalue weighted by Gasteiger charge is -2.16. The van der Waals surface area contributed by atoms with E-state index in [1.54, 1.807) is 24.3 Å². The number of amides is 1. The second-order valence-corrected chi connectivity index (χ2v) is 5.24. The predicted octanol–water partition coefficient (Wildman–Crippen LogP) is 3.04. The summed E-state index contributed by atoms with van der Waals surface area (Å²) in [5, 5.41) is 17.3. The number of hydrogen-bond acceptors (Lipinski definition) is 5. The largest absolute Gasteiger partial charge is 0.484 e. The van der Waals surface area contributed by atoms with Crippen molar-refractivity contribution in [3.8, 4) is 29.4 Å². The molecule has 0 unspecified atom stereocenters. The summed E-state index contributed by atoms with van der Waals surface area (Å²) in [6.45, 7) is 1.49. The fraction of sp³-hybridized carbons (Fsp3) is 0.211. The molecule has 0 aromatic heterocycles. The highest BCUT2D eigenvalue weighted by atomic mass is 16.5. The van der Waals surface area contributed by atoms with Crippen molar-refractivity contribution in [2.75, 3.05) is 19.7 Å². The van der Waals surface area contributed by atoms with Gasteiger partial charge in [0.2, 0.25) is 0 Å². The first-order chi connectivity index (χ1) is 12.1. The van der Waals surface area contributed by atoms with Gasteiger partial charge in [-0.15, -0.1) is 0 Å². The standard InChI is InChI=1S/C19H17N3O3/c1-15-2-4-17(5-3-15)25-18-8-6-16(7-9-18)24-14-19(23)22(12-10-20)13-11-21/h2-9H,12-14H2,1H3. The zero-order valence-corrected chi connectivity index (χ0v) is 13.8. The molecule has 0 heterocycles. The molecule has 6 nitrogen and oxygen atoms in total. The number of nitriles is 2. The van der Waals surface area contributed by atoms with Crippen LogP contribution in [0.25, 0.3) is 0 Å². The zero-order chi connectivity index (χ0) is 18.1. The molecular weight excluding hydrogens is 318 g/mol. The third-order valence-electron chi connectivity index (χ3n) is 3.32. The molecule has 25 heavy (non-hydrogen) atoms. The Morgan fingerprint density at radius 1 is 0.920 bits per heavy atom. The van der Waals surface area contributed by atoms with Crippen molar-refractivity contribution >= 4 is 5.91 Å². The fourth-order valence-electron chi connectivity index (χ4n) is 1.99. The van der Waals surface area contributed by atoms with E-state index in [1.165, 1.54) is 0 Å². The molecule has 1 amide bonds. The summed E-state index contributed by atoms with van der Waals surface area (Å²) in [7, 11) is 0. The molecule has 2 aromatic carbocycles. The average Bonchev–Trinajstić information content (AvgIpc) is 2.62. The smallest absolute Gasteiger partial charge is 0.262 e. The Labute approximate surface area is 146 Å². The van der Waals surface area contributed by atoms with E-state index in [-0.39, 0.29) is 19.7 Å². The number of rotatable bonds is 7. The minimum Gasteiger partial charge on any atom is -0.484 e. The molecule has 0 aliphatic carbocycles. The van der Waals surface area contributed by atoms with Crippen LogP contribution in [-0.2, 0) is 4.79 Å². The number of benzene rings is 2. The van der Waals surface area contributed by atoms with Crippen molar-refractivity contribution in [3.05, 3.63) is 54.1 Å². The Hall–Kier alpha value is -3.51. The number of carbonyl (C=O) groups excluding carboxylic acids is 1. The first kappa shape index (κ1) is 17.8. The van der Waals surface area contributed by atoms with Gasteiger partial charge in [0.05, 0.1) is 12.1 Å². The summed E-state index contributed by atoms with van der Waals surface area (Å²) in [5.41, 5.74) is 1.16. The molecule has 0 saturated carbocycles. The molecule has 0 N–H and O–H groups in total. The lowest BCUT2D eigenvalue weighted by Crippen LogP contribution is -2.35. The third kappa shape index (κ3) is 5.56. The van der Waals surface area contributed by atoms with Crippen LogP contribution in [0.4, 0.5) is 0 Å². The molecule has 0 atom stereocenters. The number of aryl methyl sites for hydroxylation is 1. The van der Waals surface area contributed by atoms with Crippen molar-refractivity contribution in [3.63, 3.8) is 0 Å². The van der Waals surface area contributed by atoms with Gasteiger partial charge in [-0.1, -0.05) is 17.7 Å². The molecule has 0 spiro atoms. The molecule has 0 aliphatic rings. The van der Waals surface area contributed by atoms with Gasteiger partial charge in [-0.2, -0.15) is 10.5 Å². The SMILES string of the molecule is Cc1ccc(Oc2ccc(OCC(=O)N(CC#N)CC#N)cc2)cc1. The Balaban J connectivity index is 1.89. The molecular formula is C19H17N3O3. The quantitative estimate of drug-likeness (QED) is 0.726. The topological polar surface area (TPSA) is 86.3 Å². The first-order valence-electron chi connectivity index (χ1n) is 7.61. The minimum absolute atomic E-state index is 0.140. The van der Waals surface area contributed by atoms with Gasteiger partial charge in [0.1, 0.15) is 30.3 Å². The van der Waals surface area contributed by atoms with Crippen LogP contribution in [0.1, 0.15) is 5.56 Å². The van der Waals surface area contributed by atoms with Crippen LogP contribution in [0.3, 0.4) is 0 Å². The van der Waals surface area contributed by atoms with Gasteiger partial charge >= 0.3 is 0 Å². The summed E-state index contributed by atoms with van der Waals surface area (Å²) < 4.78 is 11.1. The summed E-state index contributed by atoms with van der Waals surface area (Å²) in [6.07, 6.45) is 0. The van der Waals surface area contributed by atoms with E-state index in [9.17, 15) is 4.79 Å². The maximum absolute atomic E-state index is 11.9. The highest BCUT2D eigenvalue weighted by Crippen LogP contribution is 2.24. The normalized spacial score (nSPS) is 9.56. The van der Waals surface area contributed by atoms with Crippen LogP contribution in [0.5, 0.6) is 17.2 Å². The number of hydrogen-bond donors (Lipinski definition) is 0. The first-order valence-corrected chi connectivity index (χ1v) is 7.61. The van der Waals surface area contributed by atoms with Crippen molar-refractivity contribution in [2.24, 2.45) is 0 Å². The zero-order valence-electron chi connectivity index (χ0n) is 13.8. The summed E-state index contributed by atoms with van der Waals surface area (Å²) in [6, 6.07) is 18.3. The Bertz CT molecular complexity index is 771. The second kappa shape index (κ2) is 8.95. The van der Waals surface area contributed by atoms with E-state index < -0.39 is 5.91 Å². The molecule has 2 aromatic rings. The lowest BCUT2D eigenvalue weighted by molar-refractivity contribution is -0.132. The van der Waals surface area contributed by atoms with Crippen molar-refractivity contribution in [1.82, 2.24) is 4.90 Å². The highest BCUT2D eigenvalue weighted by Gasteiger charge is 2.13. The second-order valence-electron chi connectivity index (χ2n) is 5.24. The molecule has 126 valence electrons. The van der Waals surface area contributed by atoms with Crippen LogP contribution >= 0.6 is 0 Å². The predicted molar refractivity (Wildman–Crippen MR) is 91.0 cm³/mol. The molecule has 0 fully saturated rings. The van der Waals surface area contributed by atoms with E-state index in [1.807, 2.05) is 43.3 Å². The van der Waals surface area contributed by atoms with E-state index in [0.717, 1.165) is 16.2 Å². The summed E-state index contributed by atoms with van der Waals surface area (Å²) in [4.78, 5) is 13.0. The van der Waals surface area contributed by atoms with Crippen molar-refractivity contribution in [2.45, 2.75) is 6.92 Å². The lowest BCUT2D eigenvalue weighted by atomic mass is 10.2. The van der Waals surface area contributed by atoms with Gasteiger partial charge in [-0.25, -0.2) is 0 Å². The fourth-order valence-corrected chi connectivity index (χ4v) is 1.99. The summed E-state index contributed by atoms with van der Waals surface area (Å²) >= 11 is 0. The minimum atomic E-state index is -0.414. The van der Waals surface area contributed by atoms with Crippen molar-refractivity contribution < 1.29 is 14.3 Å².